The molecule has 0 fully saturated rings. The molecule has 0 saturated carbocycles. The van der Waals surface area contributed by atoms with Crippen LogP contribution < -0.4 is 16.0 Å². The van der Waals surface area contributed by atoms with Gasteiger partial charge in [-0.2, -0.15) is 0 Å². The molecule has 21 heteroatoms. The predicted molar refractivity (Wildman–Crippen MR) is 355 cm³/mol. The number of nitrogens with one attached hydrogen (secondary N) is 3. The van der Waals surface area contributed by atoms with Gasteiger partial charge < -0.3 is 72.8 Å². The third-order valence-electron chi connectivity index (χ3n) is 14.2. The fourth-order valence-corrected chi connectivity index (χ4v) is 9.77. The van der Waals surface area contributed by atoms with Gasteiger partial charge in [0.1, 0.15) is 0 Å². The number of carbonyl (C=O) groups excluding carboxylic acids is 3. The average Bonchev–Trinajstić information content (AvgIpc) is 3.74. The molecule has 522 valence electrons. The van der Waals surface area contributed by atoms with Gasteiger partial charge in [0.05, 0.1) is 122 Å². The predicted octanol–water partition coefficient (Wildman–Crippen LogP) is 9.07. The molecule has 0 unspecified atom stereocenters. The van der Waals surface area contributed by atoms with Crippen LogP contribution in [0.5, 0.6) is 0 Å². The lowest BCUT2D eigenvalue weighted by Gasteiger charge is -2.38. The highest BCUT2D eigenvalue weighted by Crippen LogP contribution is 2.17. The Morgan fingerprint density at radius 1 is 0.281 bits per heavy atom. The zero-order valence-corrected chi connectivity index (χ0v) is 58.2. The highest BCUT2D eigenvalue weighted by molar-refractivity contribution is 6.04. The molecular formula is C68H130N6O15. The molecule has 21 nitrogen and oxygen atoms in total. The first-order chi connectivity index (χ1) is 43.5. The molecule has 0 heterocycles. The molecule has 0 atom stereocenters. The molecule has 0 bridgehead atoms. The summed E-state index contributed by atoms with van der Waals surface area (Å²) < 4.78 is 74.4. The Balaban J connectivity index is 4.08. The molecule has 1 aromatic carbocycles. The molecule has 3 N–H and O–H groups in total. The van der Waals surface area contributed by atoms with Crippen molar-refractivity contribution in [3.05, 3.63) is 34.9 Å². The summed E-state index contributed by atoms with van der Waals surface area (Å²) >= 11 is 0. The maximum atomic E-state index is 14.9. The van der Waals surface area contributed by atoms with Crippen LogP contribution in [-0.2, 0) is 56.8 Å². The van der Waals surface area contributed by atoms with E-state index in [-0.39, 0.29) is 72.7 Å². The van der Waals surface area contributed by atoms with Crippen molar-refractivity contribution >= 4 is 17.7 Å². The second-order valence-electron chi connectivity index (χ2n) is 22.8. The lowest BCUT2D eigenvalue weighted by Crippen LogP contribution is -2.55. The van der Waals surface area contributed by atoms with Crippen LogP contribution in [0.3, 0.4) is 0 Å². The number of hydrogen-bond acceptors (Lipinski definition) is 18. The number of benzene rings is 1. The maximum absolute atomic E-state index is 14.9. The first kappa shape index (κ1) is 84.0. The van der Waals surface area contributed by atoms with Crippen molar-refractivity contribution in [3.63, 3.8) is 0 Å². The molecule has 0 aromatic heterocycles. The van der Waals surface area contributed by atoms with Crippen LogP contribution in [0.25, 0.3) is 0 Å². The molecular weight excluding hydrogens is 1140 g/mol. The summed E-state index contributed by atoms with van der Waals surface area (Å²) in [5.41, 5.74) is 0.435. The molecule has 0 saturated heterocycles. The Morgan fingerprint density at radius 3 is 0.629 bits per heavy atom. The molecule has 0 aliphatic rings. The van der Waals surface area contributed by atoms with E-state index in [4.69, 9.17) is 56.8 Å². The van der Waals surface area contributed by atoms with Crippen molar-refractivity contribution in [2.75, 3.05) is 191 Å². The molecule has 1 aromatic rings. The second kappa shape index (κ2) is 58.8. The SMILES string of the molecule is CCCOCC(COCCC)N(CCNC(=O)c1cc(C(=O)NCCN(C(COCCC)COCCC)C(COCCC)COCCC)cc(C(=O)NCN(C(COCCC)COCCC)C(COCCC)COCCC)c1)C(COCCC)COCCC. The molecule has 0 aliphatic heterocycles. The minimum absolute atomic E-state index is 0.0696. The van der Waals surface area contributed by atoms with E-state index in [1.165, 1.54) is 0 Å². The number of ether oxygens (including phenoxy) is 12. The van der Waals surface area contributed by atoms with Crippen LogP contribution in [0.2, 0.25) is 0 Å². The molecule has 0 radical (unpaired) electrons. The summed E-state index contributed by atoms with van der Waals surface area (Å²) in [5, 5.41) is 9.50. The van der Waals surface area contributed by atoms with Crippen LogP contribution in [0.1, 0.15) is 191 Å². The van der Waals surface area contributed by atoms with Crippen LogP contribution in [0.15, 0.2) is 18.2 Å². The van der Waals surface area contributed by atoms with Gasteiger partial charge >= 0.3 is 0 Å². The van der Waals surface area contributed by atoms with Crippen LogP contribution in [-0.4, -0.2) is 260 Å². The molecule has 0 spiro atoms. The maximum Gasteiger partial charge on any atom is 0.252 e. The average molecular weight is 1270 g/mol. The van der Waals surface area contributed by atoms with E-state index in [1.54, 1.807) is 18.2 Å². The van der Waals surface area contributed by atoms with Crippen LogP contribution in [0, 0.1) is 0 Å². The Kier molecular flexibility index (Phi) is 55.5. The van der Waals surface area contributed by atoms with Crippen molar-refractivity contribution in [3.8, 4) is 0 Å². The lowest BCUT2D eigenvalue weighted by molar-refractivity contribution is -0.0557. The summed E-state index contributed by atoms with van der Waals surface area (Å²) in [7, 11) is 0. The van der Waals surface area contributed by atoms with E-state index >= 15 is 0 Å². The van der Waals surface area contributed by atoms with Gasteiger partial charge in [-0.1, -0.05) is 83.1 Å². The number of rotatable bonds is 65. The number of amides is 3. The van der Waals surface area contributed by atoms with Gasteiger partial charge in [-0.05, 0) is 95.2 Å². The molecule has 1 rings (SSSR count). The van der Waals surface area contributed by atoms with Crippen molar-refractivity contribution in [1.29, 1.82) is 0 Å². The van der Waals surface area contributed by atoms with E-state index in [0.29, 0.717) is 172 Å². The summed E-state index contributed by atoms with van der Waals surface area (Å²) in [6.07, 6.45) is 10.3. The highest BCUT2D eigenvalue weighted by Gasteiger charge is 2.32. The topological polar surface area (TPSA) is 208 Å². The van der Waals surface area contributed by atoms with Gasteiger partial charge in [-0.3, -0.25) is 29.1 Å². The summed E-state index contributed by atoms with van der Waals surface area (Å²) in [5.74, 6) is -1.38. The fourth-order valence-electron chi connectivity index (χ4n) is 9.77. The normalized spacial score (nSPS) is 12.1. The van der Waals surface area contributed by atoms with Gasteiger partial charge in [-0.15, -0.1) is 0 Å². The van der Waals surface area contributed by atoms with Crippen molar-refractivity contribution < 1.29 is 71.2 Å². The number of carbonyl (C=O) groups is 3. The van der Waals surface area contributed by atoms with E-state index in [9.17, 15) is 14.4 Å². The number of hydrogen-bond donors (Lipinski definition) is 3. The summed E-state index contributed by atoms with van der Waals surface area (Å²) in [6.45, 7) is 38.1. The zero-order valence-electron chi connectivity index (χ0n) is 58.2. The Labute approximate surface area is 540 Å². The van der Waals surface area contributed by atoms with E-state index < -0.39 is 17.7 Å². The van der Waals surface area contributed by atoms with E-state index in [1.807, 2.05) is 0 Å². The highest BCUT2D eigenvalue weighted by atomic mass is 16.5. The number of nitrogens with zero attached hydrogens (tertiary/aromatic N) is 3. The van der Waals surface area contributed by atoms with E-state index in [0.717, 1.165) is 77.0 Å². The van der Waals surface area contributed by atoms with Gasteiger partial charge in [0.2, 0.25) is 0 Å². The smallest absolute Gasteiger partial charge is 0.252 e. The largest absolute Gasteiger partial charge is 0.380 e. The molecule has 89 heavy (non-hydrogen) atoms. The van der Waals surface area contributed by atoms with Crippen LogP contribution in [0.4, 0.5) is 0 Å². The van der Waals surface area contributed by atoms with Gasteiger partial charge in [0, 0.05) is 122 Å². The van der Waals surface area contributed by atoms with Crippen molar-refractivity contribution in [2.24, 2.45) is 0 Å². The van der Waals surface area contributed by atoms with Crippen molar-refractivity contribution in [1.82, 2.24) is 30.7 Å². The van der Waals surface area contributed by atoms with Gasteiger partial charge in [-0.25, -0.2) is 0 Å². The minimum atomic E-state index is -0.477. The first-order valence-electron chi connectivity index (χ1n) is 34.7. The Hall–Kier alpha value is -2.97. The summed E-state index contributed by atoms with van der Waals surface area (Å²) in [4.78, 5) is 51.2. The quantitative estimate of drug-likeness (QED) is 0.0411. The van der Waals surface area contributed by atoms with Gasteiger partial charge in [0.25, 0.3) is 17.7 Å². The third kappa shape index (κ3) is 39.4. The third-order valence-corrected chi connectivity index (χ3v) is 14.2. The summed E-state index contributed by atoms with van der Waals surface area (Å²) in [6, 6.07) is 3.46. The second-order valence-corrected chi connectivity index (χ2v) is 22.8. The molecule has 3 amide bonds. The fraction of sp³-hybridized carbons (Fsp3) is 0.868. The van der Waals surface area contributed by atoms with E-state index in [2.05, 4.69) is 114 Å². The van der Waals surface area contributed by atoms with Crippen molar-refractivity contribution in [2.45, 2.75) is 196 Å². The van der Waals surface area contributed by atoms with Gasteiger partial charge in [0.15, 0.2) is 0 Å². The molecule has 0 aliphatic carbocycles. The lowest BCUT2D eigenvalue weighted by atomic mass is 10.0. The van der Waals surface area contributed by atoms with Crippen LogP contribution >= 0.6 is 0 Å². The Morgan fingerprint density at radius 2 is 0.449 bits per heavy atom. The standard InChI is InChI=1S/C68H130N6O15/c1-13-29-78-44-60(45-79-30-14-2)72(61(46-80-31-15-3)47-81-32-16-4)27-25-69-66(75)57-41-58(67(76)70-26-28-73(62(48-82-33-17-5)49-83-34-18-6)63(50-84-35-19-7)51-85-36-20-8)43-59(42-57)68(77)71-56-74(64(52-86-37-21-9)53-87-38-22-10)65(54-88-39-23-11)55-89-40-24-12/h41-43,60-65H,13-40,44-56H2,1-12H3,(H,69,75)(H,70,76)(H,71,77). The first-order valence-corrected chi connectivity index (χ1v) is 34.7. The Bertz CT molecular complexity index is 1590. The zero-order chi connectivity index (χ0) is 65.4. The minimum Gasteiger partial charge on any atom is -0.380 e. The monoisotopic (exact) mass is 1270 g/mol.